The summed E-state index contributed by atoms with van der Waals surface area (Å²) in [6.45, 7) is 0. The van der Waals surface area contributed by atoms with Crippen LogP contribution in [0.1, 0.15) is 55.4 Å². The molecule has 2 aromatic rings. The molecule has 1 aromatic carbocycles. The average Bonchev–Trinajstić information content (AvgIpc) is 3.06. The summed E-state index contributed by atoms with van der Waals surface area (Å²) in [6, 6.07) is 9.19. The van der Waals surface area contributed by atoms with Crippen molar-refractivity contribution in [1.82, 2.24) is 20.6 Å². The number of halogens is 1. The van der Waals surface area contributed by atoms with Crippen molar-refractivity contribution in [2.45, 2.75) is 49.3 Å². The number of hydrogen-bond acceptors (Lipinski definition) is 4. The van der Waals surface area contributed by atoms with Crippen LogP contribution in [-0.4, -0.2) is 31.0 Å². The van der Waals surface area contributed by atoms with E-state index in [-0.39, 0.29) is 27.1 Å². The molecular weight excluding hydrogens is 448 g/mol. The van der Waals surface area contributed by atoms with Gasteiger partial charge in [-0.3, -0.25) is 20.4 Å². The van der Waals surface area contributed by atoms with Crippen LogP contribution < -0.4 is 10.9 Å². The molecule has 158 valence electrons. The van der Waals surface area contributed by atoms with E-state index in [1.54, 1.807) is 0 Å². The predicted octanol–water partition coefficient (Wildman–Crippen LogP) is 3.46. The number of hydrazine groups is 1. The number of aromatic nitrogens is 2. The van der Waals surface area contributed by atoms with Crippen molar-refractivity contribution in [3.05, 3.63) is 42.2 Å². The van der Waals surface area contributed by atoms with Gasteiger partial charge in [0, 0.05) is 10.7 Å². The lowest BCUT2D eigenvalue weighted by Gasteiger charge is -2.60. The first-order valence-corrected chi connectivity index (χ1v) is 11.2. The summed E-state index contributed by atoms with van der Waals surface area (Å²) in [7, 11) is 0. The Kier molecular flexibility index (Phi) is 4.65. The summed E-state index contributed by atoms with van der Waals surface area (Å²) >= 11 is 3.96. The van der Waals surface area contributed by atoms with Crippen LogP contribution in [-0.2, 0) is 4.79 Å². The molecule has 4 aliphatic rings. The maximum Gasteiger partial charge on any atom is 0.294 e. The summed E-state index contributed by atoms with van der Waals surface area (Å²) in [4.78, 5) is 25.1. The maximum atomic E-state index is 12.7. The van der Waals surface area contributed by atoms with Crippen LogP contribution >= 0.6 is 15.9 Å². The number of nitrogens with zero attached hydrogens (tertiary/aromatic N) is 2. The Hall–Kier alpha value is -2.35. The van der Waals surface area contributed by atoms with Gasteiger partial charge < -0.3 is 5.11 Å². The van der Waals surface area contributed by atoms with Gasteiger partial charge in [-0.15, -0.1) is 0 Å². The molecule has 4 fully saturated rings. The number of aromatic hydroxyl groups is 1. The molecule has 0 aliphatic heterocycles. The molecule has 30 heavy (non-hydrogen) atoms. The minimum atomic E-state index is -0.641. The van der Waals surface area contributed by atoms with E-state index in [0.29, 0.717) is 18.3 Å². The SMILES string of the molecule is O=C(CC12CC3CC(CC(Br)(C3)C1)C2)NNC(=O)c1nn(-c2ccccc2)cc1O. The molecule has 4 aliphatic carbocycles. The average molecular weight is 473 g/mol. The van der Waals surface area contributed by atoms with Crippen LogP contribution in [0.3, 0.4) is 0 Å². The zero-order valence-corrected chi connectivity index (χ0v) is 18.2. The van der Waals surface area contributed by atoms with E-state index >= 15 is 0 Å². The molecule has 4 saturated carbocycles. The minimum Gasteiger partial charge on any atom is -0.504 e. The highest BCUT2D eigenvalue weighted by Gasteiger charge is 2.57. The third-order valence-electron chi connectivity index (χ3n) is 6.89. The van der Waals surface area contributed by atoms with Gasteiger partial charge in [0.05, 0.1) is 11.9 Å². The van der Waals surface area contributed by atoms with Crippen molar-refractivity contribution in [2.24, 2.45) is 17.3 Å². The van der Waals surface area contributed by atoms with Crippen molar-refractivity contribution < 1.29 is 14.7 Å². The van der Waals surface area contributed by atoms with E-state index in [9.17, 15) is 14.7 Å². The van der Waals surface area contributed by atoms with Crippen molar-refractivity contribution in [3.63, 3.8) is 0 Å². The molecule has 1 heterocycles. The topological polar surface area (TPSA) is 96.3 Å². The van der Waals surface area contributed by atoms with Crippen LogP contribution in [0.2, 0.25) is 0 Å². The fourth-order valence-corrected chi connectivity index (χ4v) is 7.86. The molecule has 0 spiro atoms. The zero-order chi connectivity index (χ0) is 20.9. The second-order valence-electron chi connectivity index (χ2n) is 9.43. The summed E-state index contributed by atoms with van der Waals surface area (Å²) in [5.74, 6) is 0.327. The van der Waals surface area contributed by atoms with E-state index in [2.05, 4.69) is 31.9 Å². The number of alkyl halides is 1. The Morgan fingerprint density at radius 3 is 2.50 bits per heavy atom. The van der Waals surface area contributed by atoms with Gasteiger partial charge in [0.2, 0.25) is 5.91 Å². The molecular formula is C22H25BrN4O3. The second kappa shape index (κ2) is 7.11. The zero-order valence-electron chi connectivity index (χ0n) is 16.6. The predicted molar refractivity (Wildman–Crippen MR) is 114 cm³/mol. The third kappa shape index (κ3) is 3.62. The summed E-state index contributed by atoms with van der Waals surface area (Å²) in [6.07, 6.45) is 8.73. The summed E-state index contributed by atoms with van der Waals surface area (Å²) in [5.41, 5.74) is 5.56. The molecule has 8 heteroatoms. The van der Waals surface area contributed by atoms with E-state index in [1.807, 2.05) is 30.3 Å². The van der Waals surface area contributed by atoms with Crippen LogP contribution in [0.5, 0.6) is 5.75 Å². The fourth-order valence-electron chi connectivity index (χ4n) is 6.35. The first-order valence-electron chi connectivity index (χ1n) is 10.5. The fraction of sp³-hybridized carbons (Fsp3) is 0.500. The van der Waals surface area contributed by atoms with E-state index < -0.39 is 5.91 Å². The number of rotatable bonds is 4. The first kappa shape index (κ1) is 19.6. The molecule has 0 radical (unpaired) electrons. The van der Waals surface area contributed by atoms with E-state index in [4.69, 9.17) is 0 Å². The number of para-hydroxylation sites is 1. The van der Waals surface area contributed by atoms with E-state index in [1.165, 1.54) is 30.1 Å². The number of carbonyl (C=O) groups excluding carboxylic acids is 2. The number of carbonyl (C=O) groups is 2. The van der Waals surface area contributed by atoms with Crippen LogP contribution in [0.15, 0.2) is 36.5 Å². The lowest BCUT2D eigenvalue weighted by atomic mass is 9.48. The Balaban J connectivity index is 1.21. The molecule has 2 unspecified atom stereocenters. The molecule has 7 nitrogen and oxygen atoms in total. The monoisotopic (exact) mass is 472 g/mol. The number of nitrogens with one attached hydrogen (secondary N) is 2. The highest BCUT2D eigenvalue weighted by molar-refractivity contribution is 9.10. The van der Waals surface area contributed by atoms with E-state index in [0.717, 1.165) is 24.9 Å². The first-order chi connectivity index (χ1) is 14.3. The molecule has 2 atom stereocenters. The number of amides is 2. The molecule has 4 bridgehead atoms. The maximum absolute atomic E-state index is 12.7. The normalized spacial score (nSPS) is 31.5. The van der Waals surface area contributed by atoms with Gasteiger partial charge in [-0.2, -0.15) is 5.10 Å². The largest absolute Gasteiger partial charge is 0.504 e. The van der Waals surface area contributed by atoms with Crippen LogP contribution in [0, 0.1) is 17.3 Å². The molecule has 1 aromatic heterocycles. The van der Waals surface area contributed by atoms with Gasteiger partial charge in [-0.05, 0) is 67.9 Å². The smallest absolute Gasteiger partial charge is 0.294 e. The Morgan fingerprint density at radius 1 is 1.13 bits per heavy atom. The third-order valence-corrected chi connectivity index (χ3v) is 7.82. The highest BCUT2D eigenvalue weighted by Crippen LogP contribution is 2.65. The summed E-state index contributed by atoms with van der Waals surface area (Å²) in [5, 5.41) is 14.3. The molecule has 6 rings (SSSR count). The van der Waals surface area contributed by atoms with Crippen molar-refractivity contribution >= 4 is 27.7 Å². The van der Waals surface area contributed by atoms with Gasteiger partial charge in [0.15, 0.2) is 11.4 Å². The lowest BCUT2D eigenvalue weighted by Crippen LogP contribution is -2.54. The highest BCUT2D eigenvalue weighted by atomic mass is 79.9. The van der Waals surface area contributed by atoms with Crippen molar-refractivity contribution in [3.8, 4) is 11.4 Å². The quantitative estimate of drug-likeness (QED) is 0.468. The van der Waals surface area contributed by atoms with Gasteiger partial charge >= 0.3 is 0 Å². The Bertz CT molecular complexity index is 976. The summed E-state index contributed by atoms with van der Waals surface area (Å²) < 4.78 is 1.62. The Labute approximate surface area is 183 Å². The number of hydrogen-bond donors (Lipinski definition) is 3. The number of benzene rings is 1. The van der Waals surface area contributed by atoms with Crippen molar-refractivity contribution in [2.75, 3.05) is 0 Å². The lowest BCUT2D eigenvalue weighted by molar-refractivity contribution is -0.128. The van der Waals surface area contributed by atoms with Crippen LogP contribution in [0.4, 0.5) is 0 Å². The minimum absolute atomic E-state index is 0.0272. The van der Waals surface area contributed by atoms with Gasteiger partial charge in [-0.25, -0.2) is 4.68 Å². The standard InChI is InChI=1S/C22H25BrN4O3/c23-22-9-14-6-15(10-22)8-21(7-14,13-22)11-18(29)24-25-20(30)19-17(28)12-27(26-19)16-4-2-1-3-5-16/h1-5,12,14-15,28H,6-11,13H2,(H,24,29)(H,25,30). The molecule has 3 N–H and O–H groups in total. The second-order valence-corrected chi connectivity index (χ2v) is 11.1. The molecule has 0 saturated heterocycles. The van der Waals surface area contributed by atoms with Gasteiger partial charge in [0.25, 0.3) is 5.91 Å². The molecule has 2 amide bonds. The van der Waals surface area contributed by atoms with Gasteiger partial charge in [-0.1, -0.05) is 34.1 Å². The Morgan fingerprint density at radius 2 is 1.83 bits per heavy atom. The van der Waals surface area contributed by atoms with Gasteiger partial charge in [0.1, 0.15) is 0 Å². The van der Waals surface area contributed by atoms with Crippen LogP contribution in [0.25, 0.3) is 5.69 Å². The van der Waals surface area contributed by atoms with Crippen molar-refractivity contribution in [1.29, 1.82) is 0 Å².